The molecule has 0 bridgehead atoms. The molecule has 1 aliphatic rings. The van der Waals surface area contributed by atoms with Crippen molar-refractivity contribution in [2.75, 3.05) is 43.4 Å². The van der Waals surface area contributed by atoms with Crippen LogP contribution in [0.1, 0.15) is 6.92 Å². The Kier molecular flexibility index (Phi) is 5.98. The van der Waals surface area contributed by atoms with Crippen LogP contribution in [-0.4, -0.2) is 33.4 Å². The van der Waals surface area contributed by atoms with Crippen LogP contribution in [0.25, 0.3) is 21.4 Å². The summed E-state index contributed by atoms with van der Waals surface area (Å²) in [4.78, 5) is 14.7. The first-order valence-corrected chi connectivity index (χ1v) is 11.9. The van der Waals surface area contributed by atoms with Crippen molar-refractivity contribution in [1.29, 1.82) is 0 Å². The van der Waals surface area contributed by atoms with Crippen LogP contribution in [0.4, 0.5) is 11.6 Å². The lowest BCUT2D eigenvalue weighted by Gasteiger charge is -2.27. The lowest BCUT2D eigenvalue weighted by molar-refractivity contribution is 0.121. The van der Waals surface area contributed by atoms with Crippen LogP contribution >= 0.6 is 18.9 Å². The monoisotopic (exact) mass is 444 g/mol. The van der Waals surface area contributed by atoms with Gasteiger partial charge in [-0.2, -0.15) is 0 Å². The molecule has 0 amide bonds. The van der Waals surface area contributed by atoms with Crippen LogP contribution in [0.15, 0.2) is 44.9 Å². The minimum Gasteiger partial charge on any atom is -0.439 e. The second-order valence-corrected chi connectivity index (χ2v) is 9.44. The van der Waals surface area contributed by atoms with Gasteiger partial charge >= 0.3 is 7.52 Å². The Morgan fingerprint density at radius 1 is 1.27 bits per heavy atom. The van der Waals surface area contributed by atoms with E-state index in [1.165, 1.54) is 18.4 Å². The Labute approximate surface area is 178 Å². The van der Waals surface area contributed by atoms with Crippen molar-refractivity contribution >= 4 is 40.7 Å². The zero-order chi connectivity index (χ0) is 21.1. The van der Waals surface area contributed by atoms with E-state index in [-0.39, 0.29) is 5.43 Å². The maximum atomic E-state index is 12.7. The van der Waals surface area contributed by atoms with Crippen molar-refractivity contribution in [2.24, 2.45) is 0 Å². The Morgan fingerprint density at radius 2 is 2.07 bits per heavy atom. The number of thiophene rings is 1. The average molecular weight is 444 g/mol. The van der Waals surface area contributed by atoms with Crippen molar-refractivity contribution in [3.05, 3.63) is 45.9 Å². The van der Waals surface area contributed by atoms with Crippen LogP contribution < -0.4 is 15.4 Å². The van der Waals surface area contributed by atoms with Crippen molar-refractivity contribution in [3.63, 3.8) is 0 Å². The molecule has 0 radical (unpaired) electrons. The maximum Gasteiger partial charge on any atom is 0.367 e. The normalized spacial score (nSPS) is 16.0. The van der Waals surface area contributed by atoms with Crippen LogP contribution in [-0.2, 0) is 13.8 Å². The largest absolute Gasteiger partial charge is 0.439 e. The summed E-state index contributed by atoms with van der Waals surface area (Å²) in [6.07, 6.45) is 0. The van der Waals surface area contributed by atoms with Gasteiger partial charge in [0.25, 0.3) is 0 Å². The number of ether oxygens (including phenoxy) is 1. The fraction of sp³-hybridized carbons (Fsp3) is 0.286. The Bertz CT molecular complexity index is 1230. The fourth-order valence-corrected chi connectivity index (χ4v) is 5.19. The minimum absolute atomic E-state index is 0.0645. The van der Waals surface area contributed by atoms with Crippen molar-refractivity contribution in [1.82, 2.24) is 0 Å². The molecule has 0 saturated carbocycles. The molecule has 1 fully saturated rings. The number of nitrogens with one attached hydrogen (secondary N) is 1. The van der Waals surface area contributed by atoms with Crippen molar-refractivity contribution < 1.29 is 18.2 Å². The summed E-state index contributed by atoms with van der Waals surface area (Å²) in [6.45, 7) is 4.17. The Balaban J connectivity index is 1.74. The summed E-state index contributed by atoms with van der Waals surface area (Å²) in [5, 5.41) is 4.78. The number of fused-ring (bicyclic) bond motifs is 1. The molecule has 3 heterocycles. The predicted octanol–water partition coefficient (Wildman–Crippen LogP) is 4.59. The summed E-state index contributed by atoms with van der Waals surface area (Å²) >= 11 is 1.35. The molecule has 2 aromatic heterocycles. The molecule has 0 aliphatic carbocycles. The molecule has 3 aromatic rings. The third kappa shape index (κ3) is 4.16. The highest BCUT2D eigenvalue weighted by atomic mass is 32.1. The zero-order valence-electron chi connectivity index (χ0n) is 16.6. The molecule has 1 aliphatic heterocycles. The predicted molar refractivity (Wildman–Crippen MR) is 121 cm³/mol. The molecule has 30 heavy (non-hydrogen) atoms. The molecule has 4 rings (SSSR count). The maximum absolute atomic E-state index is 12.7. The zero-order valence-corrected chi connectivity index (χ0v) is 18.3. The summed E-state index contributed by atoms with van der Waals surface area (Å²) in [5.41, 5.74) is 5.32. The van der Waals surface area contributed by atoms with E-state index in [0.717, 1.165) is 11.1 Å². The van der Waals surface area contributed by atoms with Gasteiger partial charge in [0.15, 0.2) is 11.5 Å². The van der Waals surface area contributed by atoms with Gasteiger partial charge < -0.3 is 23.7 Å². The highest BCUT2D eigenvalue weighted by molar-refractivity contribution is 7.65. The molecule has 7 nitrogen and oxygen atoms in total. The molecular weight excluding hydrogens is 423 g/mol. The van der Waals surface area contributed by atoms with Gasteiger partial charge in [0.05, 0.1) is 13.2 Å². The summed E-state index contributed by atoms with van der Waals surface area (Å²) in [7, 11) is -1.94. The highest BCUT2D eigenvalue weighted by Crippen LogP contribution is 2.45. The molecule has 0 spiro atoms. The molecule has 1 atom stereocenters. The molecule has 9 heteroatoms. The lowest BCUT2D eigenvalue weighted by Crippen LogP contribution is -2.36. The van der Waals surface area contributed by atoms with E-state index < -0.39 is 7.52 Å². The molecular formula is C21H21N2O5PS. The van der Waals surface area contributed by atoms with Crippen LogP contribution in [0.3, 0.4) is 0 Å². The molecule has 156 valence electrons. The van der Waals surface area contributed by atoms with E-state index in [4.69, 9.17) is 13.7 Å². The van der Waals surface area contributed by atoms with Crippen LogP contribution in [0, 0.1) is 11.6 Å². The first-order chi connectivity index (χ1) is 14.5. The van der Waals surface area contributed by atoms with E-state index >= 15 is 0 Å². The van der Waals surface area contributed by atoms with E-state index in [1.54, 1.807) is 19.1 Å². The summed E-state index contributed by atoms with van der Waals surface area (Å²) in [5.74, 6) is 3.18. The third-order valence-electron chi connectivity index (χ3n) is 4.72. The SMILES string of the molecule is CC#CP(=O)(Nc1cccc(-c2csc3c(=O)cc(N4CCOCC4)oc23)c1)OC. The number of hydrogen-bond acceptors (Lipinski definition) is 7. The van der Waals surface area contributed by atoms with Gasteiger partial charge in [-0.25, -0.2) is 0 Å². The van der Waals surface area contributed by atoms with E-state index in [0.29, 0.717) is 48.2 Å². The summed E-state index contributed by atoms with van der Waals surface area (Å²) < 4.78 is 29.8. The summed E-state index contributed by atoms with van der Waals surface area (Å²) in [6, 6.07) is 8.92. The van der Waals surface area contributed by atoms with Gasteiger partial charge in [-0.05, 0) is 24.6 Å². The van der Waals surface area contributed by atoms with Crippen molar-refractivity contribution in [2.45, 2.75) is 6.92 Å². The first-order valence-electron chi connectivity index (χ1n) is 9.39. The minimum atomic E-state index is -3.30. The number of hydrogen-bond donors (Lipinski definition) is 1. The van der Waals surface area contributed by atoms with Gasteiger partial charge in [0, 0.05) is 48.6 Å². The van der Waals surface area contributed by atoms with E-state index in [1.807, 2.05) is 28.5 Å². The van der Waals surface area contributed by atoms with Crippen LogP contribution in [0.5, 0.6) is 0 Å². The smallest absolute Gasteiger partial charge is 0.367 e. The topological polar surface area (TPSA) is 81.0 Å². The number of morpholine rings is 1. The second-order valence-electron chi connectivity index (χ2n) is 6.64. The molecule has 1 unspecified atom stereocenters. The fourth-order valence-electron chi connectivity index (χ4n) is 3.26. The van der Waals surface area contributed by atoms with Crippen molar-refractivity contribution in [3.8, 4) is 22.7 Å². The third-order valence-corrected chi connectivity index (χ3v) is 7.28. The van der Waals surface area contributed by atoms with Gasteiger partial charge in [0.1, 0.15) is 4.70 Å². The van der Waals surface area contributed by atoms with Gasteiger partial charge in [-0.3, -0.25) is 9.36 Å². The number of rotatable bonds is 5. The standard InChI is InChI=1S/C21H21N2O5PS/c1-3-11-29(25,26-2)22-16-6-4-5-15(12-16)17-14-30-21-18(24)13-19(28-20(17)21)23-7-9-27-10-8-23/h4-6,12-14H,7-10H2,1-2H3,(H,22,25). The van der Waals surface area contributed by atoms with E-state index in [9.17, 15) is 9.36 Å². The number of anilines is 2. The van der Waals surface area contributed by atoms with Crippen LogP contribution in [0.2, 0.25) is 0 Å². The molecule has 1 N–H and O–H groups in total. The van der Waals surface area contributed by atoms with Gasteiger partial charge in [-0.15, -0.1) is 11.3 Å². The quantitative estimate of drug-likeness (QED) is 0.455. The second kappa shape index (κ2) is 8.66. The average Bonchev–Trinajstić information content (AvgIpc) is 3.19. The Morgan fingerprint density at radius 3 is 2.80 bits per heavy atom. The number of benzene rings is 1. The molecule has 1 saturated heterocycles. The lowest BCUT2D eigenvalue weighted by atomic mass is 10.1. The van der Waals surface area contributed by atoms with Gasteiger partial charge in [-0.1, -0.05) is 18.1 Å². The number of nitrogens with zero attached hydrogens (tertiary/aromatic N) is 1. The highest BCUT2D eigenvalue weighted by Gasteiger charge is 2.20. The van der Waals surface area contributed by atoms with E-state index in [2.05, 4.69) is 16.7 Å². The molecule has 1 aromatic carbocycles. The van der Waals surface area contributed by atoms with Gasteiger partial charge in [0.2, 0.25) is 5.43 Å². The first kappa shape index (κ1) is 20.7. The Hall–Kier alpha value is -2.56.